The van der Waals surface area contributed by atoms with Gasteiger partial charge in [-0.05, 0) is 7.05 Å². The van der Waals surface area contributed by atoms with Crippen molar-refractivity contribution in [2.75, 3.05) is 27.2 Å². The van der Waals surface area contributed by atoms with Crippen LogP contribution in [0, 0.1) is 0 Å². The van der Waals surface area contributed by atoms with Gasteiger partial charge in [0.2, 0.25) is 5.91 Å². The van der Waals surface area contributed by atoms with Crippen LogP contribution < -0.4 is 5.32 Å². The summed E-state index contributed by atoms with van der Waals surface area (Å²) < 4.78 is 31.7. The van der Waals surface area contributed by atoms with E-state index in [4.69, 9.17) is 15.0 Å². The number of amides is 1. The summed E-state index contributed by atoms with van der Waals surface area (Å²) in [5.74, 6) is -3.99. The van der Waals surface area contributed by atoms with Gasteiger partial charge in [0, 0.05) is 7.05 Å². The molecule has 0 aromatic heterocycles. The minimum absolute atomic E-state index is 0.170. The molecule has 0 heterocycles. The Balaban J connectivity index is 0. The maximum atomic E-state index is 10.9. The van der Waals surface area contributed by atoms with E-state index >= 15 is 0 Å². The molecule has 0 aliphatic carbocycles. The number of carbonyl (C=O) groups excluding carboxylic acids is 1. The highest BCUT2D eigenvalue weighted by Gasteiger charge is 2.38. The Kier molecular flexibility index (Phi) is 8.52. The Morgan fingerprint density at radius 2 is 1.61 bits per heavy atom. The molecule has 0 aliphatic rings. The highest BCUT2D eigenvalue weighted by atomic mass is 19.4. The standard InChI is InChI=1S/C6H12N2O3.C2HF3O2/c1-7-3-5(9)8(2)4-6(10)11;3-2(4,5)1(6)7/h7H,3-4H2,1-2H3,(H,10,11);(H,6,7). The highest BCUT2D eigenvalue weighted by molar-refractivity contribution is 5.82. The molecule has 10 heteroatoms. The predicted octanol–water partition coefficient (Wildman–Crippen LogP) is -0.618. The Morgan fingerprint density at radius 1 is 1.22 bits per heavy atom. The normalized spacial score (nSPS) is 10.1. The topological polar surface area (TPSA) is 107 Å². The maximum absolute atomic E-state index is 10.9. The molecule has 0 fully saturated rings. The number of halogens is 3. The van der Waals surface area contributed by atoms with E-state index in [1.165, 1.54) is 7.05 Å². The van der Waals surface area contributed by atoms with Crippen LogP contribution in [0.15, 0.2) is 0 Å². The largest absolute Gasteiger partial charge is 0.490 e. The fraction of sp³-hybridized carbons (Fsp3) is 0.625. The van der Waals surface area contributed by atoms with E-state index in [9.17, 15) is 22.8 Å². The van der Waals surface area contributed by atoms with Gasteiger partial charge in [-0.3, -0.25) is 9.59 Å². The van der Waals surface area contributed by atoms with Crippen molar-refractivity contribution in [3.05, 3.63) is 0 Å². The van der Waals surface area contributed by atoms with Gasteiger partial charge in [0.25, 0.3) is 0 Å². The van der Waals surface area contributed by atoms with Crippen LogP contribution in [0.4, 0.5) is 13.2 Å². The number of nitrogens with one attached hydrogen (secondary N) is 1. The number of likely N-dealkylation sites (N-methyl/N-ethyl adjacent to an activating group) is 2. The van der Waals surface area contributed by atoms with E-state index in [1.807, 2.05) is 0 Å². The van der Waals surface area contributed by atoms with E-state index in [-0.39, 0.29) is 19.0 Å². The van der Waals surface area contributed by atoms with Crippen molar-refractivity contribution in [2.45, 2.75) is 6.18 Å². The number of rotatable bonds is 4. The maximum Gasteiger partial charge on any atom is 0.490 e. The van der Waals surface area contributed by atoms with Gasteiger partial charge in [-0.1, -0.05) is 0 Å². The van der Waals surface area contributed by atoms with Gasteiger partial charge in [-0.25, -0.2) is 4.79 Å². The summed E-state index contributed by atoms with van der Waals surface area (Å²) in [5, 5.41) is 18.0. The van der Waals surface area contributed by atoms with Crippen LogP contribution in [0.3, 0.4) is 0 Å². The Bertz CT molecular complexity index is 306. The zero-order valence-electron chi connectivity index (χ0n) is 9.61. The molecule has 0 spiro atoms. The number of aliphatic carboxylic acids is 2. The lowest BCUT2D eigenvalue weighted by molar-refractivity contribution is -0.192. The Morgan fingerprint density at radius 3 is 1.83 bits per heavy atom. The van der Waals surface area contributed by atoms with Crippen molar-refractivity contribution in [1.82, 2.24) is 10.2 Å². The summed E-state index contributed by atoms with van der Waals surface area (Å²) in [4.78, 5) is 31.0. The van der Waals surface area contributed by atoms with Crippen LogP contribution in [0.25, 0.3) is 0 Å². The van der Waals surface area contributed by atoms with Crippen LogP contribution in [0.5, 0.6) is 0 Å². The summed E-state index contributed by atoms with van der Waals surface area (Å²) in [6, 6.07) is 0. The lowest BCUT2D eigenvalue weighted by Gasteiger charge is -2.13. The molecule has 1 amide bonds. The van der Waals surface area contributed by atoms with Crippen LogP contribution in [0.1, 0.15) is 0 Å². The summed E-state index contributed by atoms with van der Waals surface area (Å²) in [7, 11) is 3.08. The number of carbonyl (C=O) groups is 3. The van der Waals surface area contributed by atoms with Crippen molar-refractivity contribution in [1.29, 1.82) is 0 Å². The lowest BCUT2D eigenvalue weighted by Crippen LogP contribution is -2.37. The third kappa shape index (κ3) is 10.7. The van der Waals surface area contributed by atoms with E-state index < -0.39 is 18.1 Å². The molecular weight excluding hydrogens is 261 g/mol. The van der Waals surface area contributed by atoms with Crippen LogP contribution in [0.2, 0.25) is 0 Å². The van der Waals surface area contributed by atoms with Crippen molar-refractivity contribution in [2.24, 2.45) is 0 Å². The minimum atomic E-state index is -5.08. The molecule has 0 saturated heterocycles. The molecule has 106 valence electrons. The second kappa shape index (κ2) is 8.28. The summed E-state index contributed by atoms with van der Waals surface area (Å²) >= 11 is 0. The van der Waals surface area contributed by atoms with Crippen LogP contribution in [-0.4, -0.2) is 66.3 Å². The molecule has 0 bridgehead atoms. The second-order valence-corrected chi connectivity index (χ2v) is 2.98. The quantitative estimate of drug-likeness (QED) is 0.631. The molecule has 0 aromatic carbocycles. The predicted molar refractivity (Wildman–Crippen MR) is 52.9 cm³/mol. The van der Waals surface area contributed by atoms with Crippen molar-refractivity contribution >= 4 is 17.8 Å². The monoisotopic (exact) mass is 274 g/mol. The third-order valence-electron chi connectivity index (χ3n) is 1.37. The fourth-order valence-corrected chi connectivity index (χ4v) is 0.577. The van der Waals surface area contributed by atoms with Gasteiger partial charge < -0.3 is 20.4 Å². The van der Waals surface area contributed by atoms with Crippen molar-refractivity contribution in [3.8, 4) is 0 Å². The van der Waals surface area contributed by atoms with Crippen molar-refractivity contribution < 1.29 is 37.8 Å². The lowest BCUT2D eigenvalue weighted by atomic mass is 10.5. The first-order valence-electron chi connectivity index (χ1n) is 4.42. The molecular formula is C8H13F3N2O5. The summed E-state index contributed by atoms with van der Waals surface area (Å²) in [5.41, 5.74) is 0. The van der Waals surface area contributed by atoms with E-state index in [0.29, 0.717) is 0 Å². The van der Waals surface area contributed by atoms with E-state index in [1.54, 1.807) is 7.05 Å². The molecule has 0 radical (unpaired) electrons. The van der Waals surface area contributed by atoms with Crippen LogP contribution >= 0.6 is 0 Å². The molecule has 3 N–H and O–H groups in total. The summed E-state index contributed by atoms with van der Waals surface area (Å²) in [6.07, 6.45) is -5.08. The van der Waals surface area contributed by atoms with Gasteiger partial charge >= 0.3 is 18.1 Å². The zero-order chi connectivity index (χ0) is 14.9. The fourth-order valence-electron chi connectivity index (χ4n) is 0.577. The Labute approximate surface area is 100 Å². The number of alkyl halides is 3. The van der Waals surface area contributed by atoms with Gasteiger partial charge in [-0.15, -0.1) is 0 Å². The number of hydrogen-bond donors (Lipinski definition) is 3. The first kappa shape index (κ1) is 18.5. The van der Waals surface area contributed by atoms with Gasteiger partial charge in [0.15, 0.2) is 0 Å². The van der Waals surface area contributed by atoms with E-state index in [2.05, 4.69) is 5.32 Å². The molecule has 0 rings (SSSR count). The van der Waals surface area contributed by atoms with Crippen molar-refractivity contribution in [3.63, 3.8) is 0 Å². The Hall–Kier alpha value is -1.84. The zero-order valence-corrected chi connectivity index (χ0v) is 9.61. The minimum Gasteiger partial charge on any atom is -0.480 e. The summed E-state index contributed by atoms with van der Waals surface area (Å²) in [6.45, 7) is -0.0791. The average molecular weight is 274 g/mol. The SMILES string of the molecule is CNCC(=O)N(C)CC(=O)O.O=C(O)C(F)(F)F. The first-order valence-corrected chi connectivity index (χ1v) is 4.42. The molecule has 0 saturated carbocycles. The molecule has 0 unspecified atom stereocenters. The molecule has 0 aliphatic heterocycles. The number of carboxylic acid groups (broad SMARTS) is 2. The smallest absolute Gasteiger partial charge is 0.480 e. The average Bonchev–Trinajstić information content (AvgIpc) is 2.16. The number of hydrogen-bond acceptors (Lipinski definition) is 4. The first-order chi connectivity index (χ1) is 8.02. The molecule has 7 nitrogen and oxygen atoms in total. The second-order valence-electron chi connectivity index (χ2n) is 2.98. The van der Waals surface area contributed by atoms with Crippen LogP contribution in [-0.2, 0) is 14.4 Å². The van der Waals surface area contributed by atoms with E-state index in [0.717, 1.165) is 4.90 Å². The number of carboxylic acids is 2. The number of nitrogens with zero attached hydrogens (tertiary/aromatic N) is 1. The van der Waals surface area contributed by atoms with Gasteiger partial charge in [0.05, 0.1) is 6.54 Å². The highest BCUT2D eigenvalue weighted by Crippen LogP contribution is 2.13. The molecule has 0 aromatic rings. The van der Waals surface area contributed by atoms with Gasteiger partial charge in [-0.2, -0.15) is 13.2 Å². The molecule has 0 atom stereocenters. The van der Waals surface area contributed by atoms with Gasteiger partial charge in [0.1, 0.15) is 6.54 Å². The molecule has 18 heavy (non-hydrogen) atoms. The third-order valence-corrected chi connectivity index (χ3v) is 1.37.